The summed E-state index contributed by atoms with van der Waals surface area (Å²) in [6.07, 6.45) is 2.11. The van der Waals surface area contributed by atoms with E-state index in [0.717, 1.165) is 35.0 Å². The smallest absolute Gasteiger partial charge is 0.147 e. The van der Waals surface area contributed by atoms with Gasteiger partial charge in [0, 0.05) is 21.6 Å². The first-order chi connectivity index (χ1) is 9.15. The number of aryl methyl sites for hydroxylation is 1. The lowest BCUT2D eigenvalue weighted by Crippen LogP contribution is -2.23. The maximum absolute atomic E-state index is 4.28. The van der Waals surface area contributed by atoms with Crippen molar-refractivity contribution in [3.8, 4) is 10.6 Å². The van der Waals surface area contributed by atoms with Crippen LogP contribution in [0.25, 0.3) is 10.6 Å². The molecular formula is C14H18IN3S. The van der Waals surface area contributed by atoms with Gasteiger partial charge in [-0.05, 0) is 47.7 Å². The van der Waals surface area contributed by atoms with Gasteiger partial charge < -0.3 is 5.32 Å². The molecule has 0 amide bonds. The fourth-order valence-electron chi connectivity index (χ4n) is 1.69. The van der Waals surface area contributed by atoms with Crippen LogP contribution in [0.1, 0.15) is 25.3 Å². The van der Waals surface area contributed by atoms with Gasteiger partial charge >= 0.3 is 0 Å². The molecule has 5 heteroatoms. The average molecular weight is 387 g/mol. The first-order valence-electron chi connectivity index (χ1n) is 6.47. The molecule has 0 fully saturated rings. The van der Waals surface area contributed by atoms with E-state index >= 15 is 0 Å². The molecule has 0 atom stereocenters. The molecule has 1 N–H and O–H groups in total. The minimum Gasteiger partial charge on any atom is -0.315 e. The van der Waals surface area contributed by atoms with E-state index in [1.807, 2.05) is 0 Å². The Morgan fingerprint density at radius 2 is 1.95 bits per heavy atom. The van der Waals surface area contributed by atoms with Gasteiger partial charge in [-0.1, -0.05) is 37.3 Å². The van der Waals surface area contributed by atoms with Gasteiger partial charge in [-0.3, -0.25) is 0 Å². The number of halogens is 1. The SMILES string of the molecule is CC(C)NCCCc1nnc(-c2ccc(I)cc2)s1. The summed E-state index contributed by atoms with van der Waals surface area (Å²) in [4.78, 5) is 0. The van der Waals surface area contributed by atoms with E-state index in [1.165, 1.54) is 3.57 Å². The second kappa shape index (κ2) is 7.31. The van der Waals surface area contributed by atoms with Crippen molar-refractivity contribution in [2.45, 2.75) is 32.7 Å². The highest BCUT2D eigenvalue weighted by molar-refractivity contribution is 14.1. The van der Waals surface area contributed by atoms with Crippen LogP contribution in [0.4, 0.5) is 0 Å². The zero-order valence-electron chi connectivity index (χ0n) is 11.2. The summed E-state index contributed by atoms with van der Waals surface area (Å²) in [5.41, 5.74) is 1.16. The van der Waals surface area contributed by atoms with Gasteiger partial charge in [-0.25, -0.2) is 0 Å². The number of nitrogens with one attached hydrogen (secondary N) is 1. The third-order valence-corrected chi connectivity index (χ3v) is 4.43. The van der Waals surface area contributed by atoms with Crippen LogP contribution in [-0.2, 0) is 6.42 Å². The van der Waals surface area contributed by atoms with Crippen LogP contribution in [0.15, 0.2) is 24.3 Å². The van der Waals surface area contributed by atoms with E-state index in [1.54, 1.807) is 11.3 Å². The van der Waals surface area contributed by atoms with Crippen LogP contribution in [0.3, 0.4) is 0 Å². The van der Waals surface area contributed by atoms with E-state index < -0.39 is 0 Å². The second-order valence-electron chi connectivity index (χ2n) is 4.72. The second-order valence-corrected chi connectivity index (χ2v) is 7.03. The van der Waals surface area contributed by atoms with E-state index in [9.17, 15) is 0 Å². The molecule has 0 radical (unpaired) electrons. The van der Waals surface area contributed by atoms with Gasteiger partial charge in [-0.15, -0.1) is 10.2 Å². The summed E-state index contributed by atoms with van der Waals surface area (Å²) >= 11 is 4.01. The first-order valence-corrected chi connectivity index (χ1v) is 8.36. The minimum absolute atomic E-state index is 0.553. The number of hydrogen-bond acceptors (Lipinski definition) is 4. The molecule has 0 bridgehead atoms. The Bertz CT molecular complexity index is 508. The molecule has 102 valence electrons. The van der Waals surface area contributed by atoms with Crippen molar-refractivity contribution in [2.24, 2.45) is 0 Å². The van der Waals surface area contributed by atoms with Gasteiger partial charge in [0.1, 0.15) is 10.0 Å². The zero-order valence-corrected chi connectivity index (χ0v) is 14.2. The predicted octanol–water partition coefficient (Wildman–Crippen LogP) is 3.74. The molecular weight excluding hydrogens is 369 g/mol. The van der Waals surface area contributed by atoms with Crippen LogP contribution in [0.2, 0.25) is 0 Å². The number of hydrogen-bond donors (Lipinski definition) is 1. The molecule has 0 saturated carbocycles. The summed E-state index contributed by atoms with van der Waals surface area (Å²) in [7, 11) is 0. The Kier molecular flexibility index (Phi) is 5.72. The van der Waals surface area contributed by atoms with Crippen LogP contribution in [-0.4, -0.2) is 22.8 Å². The van der Waals surface area contributed by atoms with Crippen molar-refractivity contribution in [3.63, 3.8) is 0 Å². The highest BCUT2D eigenvalue weighted by atomic mass is 127. The molecule has 0 aliphatic heterocycles. The fourth-order valence-corrected chi connectivity index (χ4v) is 2.94. The monoisotopic (exact) mass is 387 g/mol. The predicted molar refractivity (Wildman–Crippen MR) is 89.5 cm³/mol. The lowest BCUT2D eigenvalue weighted by molar-refractivity contribution is 0.569. The van der Waals surface area contributed by atoms with Gasteiger partial charge in [0.05, 0.1) is 0 Å². The molecule has 1 aromatic heterocycles. The Hall–Kier alpha value is -0.530. The van der Waals surface area contributed by atoms with Gasteiger partial charge in [-0.2, -0.15) is 0 Å². The fraction of sp³-hybridized carbons (Fsp3) is 0.429. The normalized spacial score (nSPS) is 11.2. The zero-order chi connectivity index (χ0) is 13.7. The van der Waals surface area contributed by atoms with Crippen molar-refractivity contribution in [2.75, 3.05) is 6.54 Å². The third kappa shape index (κ3) is 4.81. The van der Waals surface area contributed by atoms with E-state index in [4.69, 9.17) is 0 Å². The number of rotatable bonds is 6. The standard InChI is InChI=1S/C14H18IN3S/c1-10(2)16-9-3-4-13-17-18-14(19-13)11-5-7-12(15)8-6-11/h5-8,10,16H,3-4,9H2,1-2H3. The Balaban J connectivity index is 1.90. The molecule has 19 heavy (non-hydrogen) atoms. The van der Waals surface area contributed by atoms with Crippen molar-refractivity contribution in [3.05, 3.63) is 32.8 Å². The summed E-state index contributed by atoms with van der Waals surface area (Å²) in [6.45, 7) is 5.37. The summed E-state index contributed by atoms with van der Waals surface area (Å²) in [5.74, 6) is 0. The quantitative estimate of drug-likeness (QED) is 0.606. The minimum atomic E-state index is 0.553. The molecule has 0 spiro atoms. The van der Waals surface area contributed by atoms with Crippen LogP contribution in [0.5, 0.6) is 0 Å². The number of benzene rings is 1. The Morgan fingerprint density at radius 1 is 1.21 bits per heavy atom. The van der Waals surface area contributed by atoms with Gasteiger partial charge in [0.25, 0.3) is 0 Å². The van der Waals surface area contributed by atoms with E-state index in [0.29, 0.717) is 6.04 Å². The lowest BCUT2D eigenvalue weighted by Gasteiger charge is -2.05. The molecule has 2 aromatic rings. The maximum Gasteiger partial charge on any atom is 0.147 e. The number of aromatic nitrogens is 2. The van der Waals surface area contributed by atoms with E-state index in [2.05, 4.69) is 76.2 Å². The molecule has 1 aromatic carbocycles. The maximum atomic E-state index is 4.28. The van der Waals surface area contributed by atoms with Crippen LogP contribution in [0, 0.1) is 3.57 Å². The molecule has 1 heterocycles. The Morgan fingerprint density at radius 3 is 2.63 bits per heavy atom. The highest BCUT2D eigenvalue weighted by Gasteiger charge is 2.06. The lowest BCUT2D eigenvalue weighted by atomic mass is 10.2. The molecule has 3 nitrogen and oxygen atoms in total. The first kappa shape index (κ1) is 14.9. The van der Waals surface area contributed by atoms with Gasteiger partial charge in [0.15, 0.2) is 0 Å². The van der Waals surface area contributed by atoms with Crippen molar-refractivity contribution < 1.29 is 0 Å². The van der Waals surface area contributed by atoms with Gasteiger partial charge in [0.2, 0.25) is 0 Å². The molecule has 2 rings (SSSR count). The summed E-state index contributed by atoms with van der Waals surface area (Å²) < 4.78 is 1.24. The van der Waals surface area contributed by atoms with Crippen molar-refractivity contribution >= 4 is 33.9 Å². The van der Waals surface area contributed by atoms with Crippen LogP contribution >= 0.6 is 33.9 Å². The number of nitrogens with zero attached hydrogens (tertiary/aromatic N) is 2. The van der Waals surface area contributed by atoms with Crippen molar-refractivity contribution in [1.29, 1.82) is 0 Å². The molecule has 0 aliphatic rings. The van der Waals surface area contributed by atoms with Crippen LogP contribution < -0.4 is 5.32 Å². The highest BCUT2D eigenvalue weighted by Crippen LogP contribution is 2.24. The average Bonchev–Trinajstić information content (AvgIpc) is 2.84. The summed E-state index contributed by atoms with van der Waals surface area (Å²) in [6, 6.07) is 8.96. The third-order valence-electron chi connectivity index (χ3n) is 2.68. The largest absolute Gasteiger partial charge is 0.315 e. The van der Waals surface area contributed by atoms with E-state index in [-0.39, 0.29) is 0 Å². The topological polar surface area (TPSA) is 37.8 Å². The molecule has 0 unspecified atom stereocenters. The molecule has 0 aliphatic carbocycles. The molecule has 0 saturated heterocycles. The summed E-state index contributed by atoms with van der Waals surface area (Å²) in [5, 5.41) is 14.1. The van der Waals surface area contributed by atoms with Crippen molar-refractivity contribution in [1.82, 2.24) is 15.5 Å². The Labute approximate surface area is 132 Å².